The Balaban J connectivity index is 0.00000304. The summed E-state index contributed by atoms with van der Waals surface area (Å²) in [4.78, 5) is 36.7. The van der Waals surface area contributed by atoms with Crippen LogP contribution in [0.3, 0.4) is 0 Å². The van der Waals surface area contributed by atoms with Crippen LogP contribution >= 0.6 is 12.4 Å². The van der Waals surface area contributed by atoms with Gasteiger partial charge in [-0.2, -0.15) is 0 Å². The number of rotatable bonds is 6. The largest absolute Gasteiger partial charge is 0.379 e. The highest BCUT2D eigenvalue weighted by Gasteiger charge is 2.34. The highest BCUT2D eigenvalue weighted by Crippen LogP contribution is 2.32. The van der Waals surface area contributed by atoms with Gasteiger partial charge in [-0.05, 0) is 81.2 Å². The van der Waals surface area contributed by atoms with Gasteiger partial charge in [-0.1, -0.05) is 6.07 Å². The smallest absolute Gasteiger partial charge is 0.252 e. The maximum Gasteiger partial charge on any atom is 0.252 e. The molecule has 2 amide bonds. The van der Waals surface area contributed by atoms with E-state index < -0.39 is 6.04 Å². The number of carbonyl (C=O) groups is 2. The van der Waals surface area contributed by atoms with Gasteiger partial charge in [0.05, 0.1) is 13.2 Å². The van der Waals surface area contributed by atoms with Crippen molar-refractivity contribution in [2.75, 3.05) is 66.1 Å². The minimum atomic E-state index is -0.556. The third kappa shape index (κ3) is 6.40. The fourth-order valence-corrected chi connectivity index (χ4v) is 5.97. The Kier molecular flexibility index (Phi) is 9.28. The zero-order chi connectivity index (χ0) is 24.2. The van der Waals surface area contributed by atoms with Gasteiger partial charge in [-0.3, -0.25) is 14.5 Å². The molecule has 0 saturated carbocycles. The summed E-state index contributed by atoms with van der Waals surface area (Å²) < 4.78 is 5.49. The summed E-state index contributed by atoms with van der Waals surface area (Å²) in [6, 6.07) is 7.05. The maximum atomic E-state index is 13.7. The van der Waals surface area contributed by atoms with E-state index in [2.05, 4.69) is 27.1 Å². The van der Waals surface area contributed by atoms with E-state index in [0.717, 1.165) is 55.8 Å². The predicted molar refractivity (Wildman–Crippen MR) is 144 cm³/mol. The molecule has 36 heavy (non-hydrogen) atoms. The van der Waals surface area contributed by atoms with Gasteiger partial charge in [0, 0.05) is 50.0 Å². The van der Waals surface area contributed by atoms with E-state index in [1.165, 1.54) is 25.9 Å². The molecule has 5 rings (SSSR count). The van der Waals surface area contributed by atoms with E-state index in [9.17, 15) is 9.59 Å². The van der Waals surface area contributed by atoms with Crippen LogP contribution in [0.5, 0.6) is 0 Å². The number of nitrogens with one attached hydrogen (secondary N) is 2. The van der Waals surface area contributed by atoms with Gasteiger partial charge in [-0.15, -0.1) is 12.4 Å². The lowest BCUT2D eigenvalue weighted by Crippen LogP contribution is -2.56. The number of morpholine rings is 1. The quantitative estimate of drug-likeness (QED) is 0.615. The van der Waals surface area contributed by atoms with Gasteiger partial charge in [0.2, 0.25) is 5.91 Å². The van der Waals surface area contributed by atoms with Crippen molar-refractivity contribution in [1.29, 1.82) is 0 Å². The number of aromatic amines is 1. The first-order chi connectivity index (χ1) is 17.1. The van der Waals surface area contributed by atoms with Crippen LogP contribution in [0, 0.1) is 11.8 Å². The summed E-state index contributed by atoms with van der Waals surface area (Å²) in [6.45, 7) is 7.38. The van der Waals surface area contributed by atoms with Crippen LogP contribution in [-0.2, 0) is 9.53 Å². The summed E-state index contributed by atoms with van der Waals surface area (Å²) in [5, 5.41) is 4.15. The second-order valence-corrected chi connectivity index (χ2v) is 10.5. The van der Waals surface area contributed by atoms with E-state index in [4.69, 9.17) is 4.74 Å². The Bertz CT molecular complexity index is 1010. The molecule has 0 unspecified atom stereocenters. The normalized spacial score (nSPS) is 21.8. The molecule has 1 aromatic carbocycles. The third-order valence-corrected chi connectivity index (χ3v) is 8.25. The Morgan fingerprint density at radius 1 is 1.00 bits per heavy atom. The summed E-state index contributed by atoms with van der Waals surface area (Å²) in [6.07, 6.45) is 6.56. The van der Waals surface area contributed by atoms with Gasteiger partial charge >= 0.3 is 0 Å². The third-order valence-electron chi connectivity index (χ3n) is 8.25. The van der Waals surface area contributed by atoms with Gasteiger partial charge in [-0.25, -0.2) is 0 Å². The Hall–Kier alpha value is -2.13. The minimum absolute atomic E-state index is 0. The van der Waals surface area contributed by atoms with Crippen molar-refractivity contribution in [2.45, 2.75) is 31.7 Å². The molecule has 1 atom stereocenters. The molecule has 0 aliphatic carbocycles. The van der Waals surface area contributed by atoms with Crippen LogP contribution in [-0.4, -0.2) is 104 Å². The maximum absolute atomic E-state index is 13.7. The van der Waals surface area contributed by atoms with Gasteiger partial charge in [0.1, 0.15) is 6.04 Å². The Morgan fingerprint density at radius 2 is 1.67 bits per heavy atom. The average molecular weight is 518 g/mol. The summed E-state index contributed by atoms with van der Waals surface area (Å²) in [7, 11) is 2.20. The SMILES string of the molecule is CN1CCC(C2CCN(C(=O)[C@@H](CN3CCOCC3)NC(=O)c3ccc4cc[nH]c4c3)CC2)CC1.Cl. The molecular weight excluding hydrogens is 478 g/mol. The van der Waals surface area contributed by atoms with Crippen molar-refractivity contribution in [3.05, 3.63) is 36.0 Å². The fraction of sp³-hybridized carbons (Fsp3) is 0.630. The fourth-order valence-electron chi connectivity index (χ4n) is 5.97. The van der Waals surface area contributed by atoms with Gasteiger partial charge in [0.25, 0.3) is 5.91 Å². The molecular formula is C27H40ClN5O3. The van der Waals surface area contributed by atoms with E-state index in [0.29, 0.717) is 31.2 Å². The van der Waals surface area contributed by atoms with E-state index in [1.54, 1.807) is 0 Å². The van der Waals surface area contributed by atoms with Crippen LogP contribution in [0.1, 0.15) is 36.0 Å². The number of nitrogens with zero attached hydrogens (tertiary/aromatic N) is 3. The number of amides is 2. The molecule has 8 nitrogen and oxygen atoms in total. The average Bonchev–Trinajstić information content (AvgIpc) is 3.37. The lowest BCUT2D eigenvalue weighted by atomic mass is 9.79. The number of halogens is 1. The second kappa shape index (κ2) is 12.4. The predicted octanol–water partition coefficient (Wildman–Crippen LogP) is 2.60. The van der Waals surface area contributed by atoms with Gasteiger partial charge in [0.15, 0.2) is 0 Å². The van der Waals surface area contributed by atoms with Crippen molar-refractivity contribution in [3.8, 4) is 0 Å². The van der Waals surface area contributed by atoms with E-state index in [1.807, 2.05) is 35.4 Å². The zero-order valence-corrected chi connectivity index (χ0v) is 22.1. The number of H-pyrrole nitrogens is 1. The summed E-state index contributed by atoms with van der Waals surface area (Å²) in [5.74, 6) is 1.35. The molecule has 3 aliphatic heterocycles. The highest BCUT2D eigenvalue weighted by molar-refractivity contribution is 6.00. The lowest BCUT2D eigenvalue weighted by Gasteiger charge is -2.40. The summed E-state index contributed by atoms with van der Waals surface area (Å²) >= 11 is 0. The summed E-state index contributed by atoms with van der Waals surface area (Å²) in [5.41, 5.74) is 1.49. The first kappa shape index (κ1) is 26.9. The Morgan fingerprint density at radius 3 is 2.36 bits per heavy atom. The van der Waals surface area contributed by atoms with Gasteiger partial charge < -0.3 is 24.8 Å². The standard InChI is InChI=1S/C27H39N5O3.ClH/c1-30-10-5-20(6-11-30)21-7-12-32(13-8-21)27(34)25(19-31-14-16-35-17-15-31)29-26(33)23-3-2-22-4-9-28-24(22)18-23;/h2-4,9,18,20-21,25,28H,5-8,10-17,19H2,1H3,(H,29,33);1H/t25-;/m1./s1. The van der Waals surface area contributed by atoms with Crippen molar-refractivity contribution < 1.29 is 14.3 Å². The highest BCUT2D eigenvalue weighted by atomic mass is 35.5. The number of ether oxygens (including phenoxy) is 1. The van der Waals surface area contributed by atoms with Crippen LogP contribution in [0.15, 0.2) is 30.5 Å². The molecule has 198 valence electrons. The molecule has 0 bridgehead atoms. The first-order valence-electron chi connectivity index (χ1n) is 13.2. The van der Waals surface area contributed by atoms with Crippen LogP contribution < -0.4 is 5.32 Å². The molecule has 3 aliphatic rings. The number of benzene rings is 1. The van der Waals surface area contributed by atoms with Crippen molar-refractivity contribution in [2.24, 2.45) is 11.8 Å². The molecule has 1 aromatic heterocycles. The molecule has 4 heterocycles. The number of carbonyl (C=O) groups excluding carboxylic acids is 2. The number of fused-ring (bicyclic) bond motifs is 1. The Labute approximate surface area is 220 Å². The molecule has 9 heteroatoms. The second-order valence-electron chi connectivity index (χ2n) is 10.5. The first-order valence-corrected chi connectivity index (χ1v) is 13.2. The molecule has 0 radical (unpaired) electrons. The molecule has 3 saturated heterocycles. The number of hydrogen-bond acceptors (Lipinski definition) is 5. The van der Waals surface area contributed by atoms with E-state index >= 15 is 0 Å². The minimum Gasteiger partial charge on any atom is -0.379 e. The monoisotopic (exact) mass is 517 g/mol. The van der Waals surface area contributed by atoms with Crippen LogP contribution in [0.4, 0.5) is 0 Å². The molecule has 0 spiro atoms. The zero-order valence-electron chi connectivity index (χ0n) is 21.3. The number of likely N-dealkylation sites (tertiary alicyclic amines) is 2. The van der Waals surface area contributed by atoms with Crippen molar-refractivity contribution in [3.63, 3.8) is 0 Å². The molecule has 3 fully saturated rings. The van der Waals surface area contributed by atoms with Crippen LogP contribution in [0.25, 0.3) is 10.9 Å². The van der Waals surface area contributed by atoms with E-state index in [-0.39, 0.29) is 24.2 Å². The van der Waals surface area contributed by atoms with Crippen molar-refractivity contribution >= 4 is 35.1 Å². The number of hydrogen-bond donors (Lipinski definition) is 2. The van der Waals surface area contributed by atoms with Crippen molar-refractivity contribution in [1.82, 2.24) is 25.0 Å². The molecule has 2 N–H and O–H groups in total. The number of aromatic nitrogens is 1. The lowest BCUT2D eigenvalue weighted by molar-refractivity contribution is -0.135. The molecule has 2 aromatic rings. The topological polar surface area (TPSA) is 80.9 Å². The van der Waals surface area contributed by atoms with Crippen LogP contribution in [0.2, 0.25) is 0 Å². The number of piperidine rings is 2.